The van der Waals surface area contributed by atoms with Gasteiger partial charge in [-0.05, 0) is 77.9 Å². The number of non-ortho nitro benzene ring substituents is 2. The van der Waals surface area contributed by atoms with Gasteiger partial charge in [0.25, 0.3) is 11.4 Å². The van der Waals surface area contributed by atoms with Crippen LogP contribution in [0.1, 0.15) is 11.1 Å². The molecule has 0 aromatic heterocycles. The molecule has 331 valence electrons. The van der Waals surface area contributed by atoms with Crippen LogP contribution in [0.4, 0.5) is 45.5 Å². The number of aromatic hydroxyl groups is 1. The fourth-order valence-corrected chi connectivity index (χ4v) is 6.30. The van der Waals surface area contributed by atoms with Gasteiger partial charge in [0.1, 0.15) is 22.8 Å². The van der Waals surface area contributed by atoms with Crippen molar-refractivity contribution in [2.75, 3.05) is 0 Å². The van der Waals surface area contributed by atoms with Gasteiger partial charge in [0.05, 0.1) is 41.8 Å². The number of nitrogens with one attached hydrogen (secondary N) is 1. The molecule has 4 N–H and O–H groups in total. The number of phenolic OH excluding ortho intramolecular Hbond substituents is 1. The Labute approximate surface area is 416 Å². The van der Waals surface area contributed by atoms with Crippen LogP contribution in [0.5, 0.6) is 23.0 Å². The topological polar surface area (TPSA) is 374 Å². The number of hydrogen-bond donors (Lipinski definition) is 3. The second-order valence-corrected chi connectivity index (χ2v) is 16.3. The van der Waals surface area contributed by atoms with Crippen molar-refractivity contribution in [2.45, 2.75) is 9.79 Å². The number of nitro groups is 2. The van der Waals surface area contributed by atoms with E-state index in [1.807, 2.05) is 0 Å². The number of aliphatic imine (C=N–C) groups is 2. The van der Waals surface area contributed by atoms with E-state index in [1.54, 1.807) is 0 Å². The molecule has 66 heavy (non-hydrogen) atoms. The average molecular weight is 1020 g/mol. The van der Waals surface area contributed by atoms with Gasteiger partial charge < -0.3 is 25.0 Å². The van der Waals surface area contributed by atoms with Crippen LogP contribution in [0.2, 0.25) is 10.0 Å². The summed E-state index contributed by atoms with van der Waals surface area (Å²) >= 11 is 11.9. The molecule has 0 aliphatic heterocycles. The van der Waals surface area contributed by atoms with Gasteiger partial charge in [-0.3, -0.25) is 39.2 Å². The zero-order chi connectivity index (χ0) is 46.9. The number of sulfonamides is 1. The normalized spacial score (nSPS) is 12.3. The maximum atomic E-state index is 12.1. The maximum absolute atomic E-state index is 12.1. The van der Waals surface area contributed by atoms with Gasteiger partial charge in [-0.2, -0.15) is 10.2 Å². The minimum Gasteiger partial charge on any atom is -0.872 e. The number of benzene rings is 6. The number of primary sulfonamides is 1. The van der Waals surface area contributed by atoms with Gasteiger partial charge in [-0.25, -0.2) is 13.6 Å². The summed E-state index contributed by atoms with van der Waals surface area (Å²) in [7, 11) is -8.29. The molecule has 0 saturated carbocycles. The summed E-state index contributed by atoms with van der Waals surface area (Å²) in [5.74, 6) is -1.77. The molecule has 0 heterocycles. The van der Waals surface area contributed by atoms with E-state index in [-0.39, 0.29) is 124 Å². The number of halogens is 2. The van der Waals surface area contributed by atoms with Crippen LogP contribution < -0.4 is 50.0 Å². The molecule has 0 aliphatic carbocycles. The first kappa shape index (κ1) is 54.1. The number of phenols is 1. The third-order valence-electron chi connectivity index (χ3n) is 8.02. The molecular weight excluding hydrogens is 999 g/mol. The number of nitro benzene ring substituents is 2. The van der Waals surface area contributed by atoms with Crippen LogP contribution >= 0.6 is 23.2 Å². The van der Waals surface area contributed by atoms with Crippen LogP contribution in [0.15, 0.2) is 149 Å². The van der Waals surface area contributed by atoms with Crippen molar-refractivity contribution in [1.29, 1.82) is 4.78 Å². The third-order valence-corrected chi connectivity index (χ3v) is 10.4. The molecule has 1 atom stereocenters. The quantitative estimate of drug-likeness (QED) is 0.0482. The van der Waals surface area contributed by atoms with Crippen molar-refractivity contribution in [1.82, 2.24) is 0 Å². The van der Waals surface area contributed by atoms with Gasteiger partial charge >= 0.3 is 46.9 Å². The van der Waals surface area contributed by atoms with Crippen molar-refractivity contribution in [3.8, 4) is 23.0 Å². The van der Waals surface area contributed by atoms with E-state index in [4.69, 9.17) is 33.1 Å². The smallest absolute Gasteiger partial charge is 0.872 e. The van der Waals surface area contributed by atoms with E-state index >= 15 is 0 Å². The van der Waals surface area contributed by atoms with E-state index in [0.29, 0.717) is 0 Å². The van der Waals surface area contributed by atoms with Crippen molar-refractivity contribution in [3.05, 3.63) is 151 Å². The first-order valence-corrected chi connectivity index (χ1v) is 21.0. The van der Waals surface area contributed by atoms with E-state index < -0.39 is 52.0 Å². The molecule has 0 saturated heterocycles. The zero-order valence-electron chi connectivity index (χ0n) is 33.1. The Morgan fingerprint density at radius 1 is 0.591 bits per heavy atom. The van der Waals surface area contributed by atoms with E-state index in [0.717, 1.165) is 61.0 Å². The van der Waals surface area contributed by atoms with Crippen LogP contribution in [0, 0.1) is 25.0 Å². The molecule has 0 bridgehead atoms. The minimum absolute atomic E-state index is 0. The third kappa shape index (κ3) is 14.9. The molecular formula is C38H24Cl2CrN10NaO12S2. The first-order valence-electron chi connectivity index (χ1n) is 17.2. The van der Waals surface area contributed by atoms with Crippen molar-refractivity contribution >= 4 is 101 Å². The van der Waals surface area contributed by atoms with E-state index in [1.165, 1.54) is 60.7 Å². The summed E-state index contributed by atoms with van der Waals surface area (Å²) in [6.07, 6.45) is 2.19. The maximum Gasteiger partial charge on any atom is 3.00 e. The Kier molecular flexibility index (Phi) is 19.1. The molecule has 22 nitrogen and oxygen atoms in total. The summed E-state index contributed by atoms with van der Waals surface area (Å²) in [5, 5.41) is 88.3. The van der Waals surface area contributed by atoms with Crippen LogP contribution in [-0.2, 0) is 37.4 Å². The second-order valence-electron chi connectivity index (χ2n) is 12.5. The summed E-state index contributed by atoms with van der Waals surface area (Å²) in [6.45, 7) is 0. The summed E-state index contributed by atoms with van der Waals surface area (Å²) in [6, 6.07) is 21.4. The number of nitrogens with zero attached hydrogens (tertiary/aromatic N) is 8. The average Bonchev–Trinajstić information content (AvgIpc) is 3.23. The molecule has 0 spiro atoms. The predicted octanol–water partition coefficient (Wildman–Crippen LogP) is 4.94. The number of rotatable bonds is 12. The zero-order valence-corrected chi connectivity index (χ0v) is 39.5. The van der Waals surface area contributed by atoms with Crippen molar-refractivity contribution in [2.24, 2.45) is 35.6 Å². The van der Waals surface area contributed by atoms with Gasteiger partial charge in [-0.1, -0.05) is 58.6 Å². The Balaban J connectivity index is 0.000000340. The number of nitrogens with two attached hydrogens (primary N) is 1. The fraction of sp³-hybridized carbons (Fsp3) is 0. The molecule has 1 radical (unpaired) electrons. The molecule has 6 aromatic carbocycles. The molecule has 0 aliphatic rings. The standard InChI is InChI=1S/2C19H14ClN5O6S.Cr.Na/c2*20-15-8-13(25(28)29)2-4-16(15)24-23-12-1-5-18(26)11(7-12)10-22-17-9-14(32(21,30)31)3-6-19(17)27;;/h2*1-10,26-27H,(H2,21,30,31);;/q;;+3;+1/p-4. The van der Waals surface area contributed by atoms with Crippen molar-refractivity contribution < 1.29 is 94.4 Å². The summed E-state index contributed by atoms with van der Waals surface area (Å²) in [4.78, 5) is 27.5. The Hall–Kier alpha value is -6.21. The molecule has 0 amide bonds. The van der Waals surface area contributed by atoms with Crippen LogP contribution in [0.25, 0.3) is 0 Å². The number of hydrogen-bond acceptors (Lipinski definition) is 19. The van der Waals surface area contributed by atoms with Gasteiger partial charge in [0, 0.05) is 51.6 Å². The molecule has 6 aromatic rings. The largest absolute Gasteiger partial charge is 3.00 e. The Morgan fingerprint density at radius 3 is 1.44 bits per heavy atom. The monoisotopic (exact) mass is 1020 g/mol. The Morgan fingerprint density at radius 2 is 1.02 bits per heavy atom. The van der Waals surface area contributed by atoms with E-state index in [9.17, 15) is 57.8 Å². The summed E-state index contributed by atoms with van der Waals surface area (Å²) in [5.41, 5.74) is 0.176. The van der Waals surface area contributed by atoms with Gasteiger partial charge in [0.2, 0.25) is 10.0 Å². The molecule has 0 fully saturated rings. The van der Waals surface area contributed by atoms with Crippen LogP contribution in [-0.4, -0.2) is 44.6 Å². The molecule has 1 unspecified atom stereocenters. The van der Waals surface area contributed by atoms with Crippen molar-refractivity contribution in [3.63, 3.8) is 0 Å². The second kappa shape index (κ2) is 23.3. The fourth-order valence-electron chi connectivity index (χ4n) is 4.83. The van der Waals surface area contributed by atoms with Gasteiger partial charge in [-0.15, -0.1) is 10.2 Å². The summed E-state index contributed by atoms with van der Waals surface area (Å²) < 4.78 is 52.7. The minimum atomic E-state index is -4.28. The SMILES string of the molecule is N=S(=O)([O-])c1ccc([O-])c(N=Cc2cc(N=Nc3ccc([N+](=O)[O-])cc3Cl)ccc2[O-])c1.NS(=O)(=O)c1ccc(O)c(N=Cc2cc(N=Nc3ccc([N+](=O)[O-])cc3Cl)ccc2[O-])c1.[Cr+3].[Na+]. The first-order chi connectivity index (χ1) is 30.1. The van der Waals surface area contributed by atoms with E-state index in [2.05, 4.69) is 30.4 Å². The molecule has 6 rings (SSSR count). The van der Waals surface area contributed by atoms with Crippen LogP contribution in [0.3, 0.4) is 0 Å². The molecule has 28 heteroatoms. The Bertz CT molecular complexity index is 2970. The predicted molar refractivity (Wildman–Crippen MR) is 226 cm³/mol. The van der Waals surface area contributed by atoms with Gasteiger partial charge in [0.15, 0.2) is 0 Å². The number of azo groups is 2.